The number of ether oxygens (including phenoxy) is 4. The molecular formula is C32H47NO6. The summed E-state index contributed by atoms with van der Waals surface area (Å²) in [6.45, 7) is 16.8. The first-order valence-corrected chi connectivity index (χ1v) is 14.1. The van der Waals surface area contributed by atoms with E-state index in [2.05, 4.69) is 37.8 Å². The van der Waals surface area contributed by atoms with Crippen LogP contribution in [0.1, 0.15) is 82.3 Å². The van der Waals surface area contributed by atoms with Crippen molar-refractivity contribution in [1.29, 1.82) is 0 Å². The lowest BCUT2D eigenvalue weighted by atomic mass is 9.89. The lowest BCUT2D eigenvalue weighted by Crippen LogP contribution is -2.38. The summed E-state index contributed by atoms with van der Waals surface area (Å²) in [5.41, 5.74) is 3.37. The molecule has 1 aromatic carbocycles. The van der Waals surface area contributed by atoms with Crippen molar-refractivity contribution in [2.24, 2.45) is 0 Å². The van der Waals surface area contributed by atoms with Crippen LogP contribution in [-0.2, 0) is 15.9 Å². The number of benzene rings is 1. The second-order valence-corrected chi connectivity index (χ2v) is 11.3. The van der Waals surface area contributed by atoms with Crippen molar-refractivity contribution >= 4 is 11.9 Å². The maximum absolute atomic E-state index is 13.6. The van der Waals surface area contributed by atoms with E-state index >= 15 is 0 Å². The lowest BCUT2D eigenvalue weighted by molar-refractivity contribution is 0.00513. The zero-order chi connectivity index (χ0) is 28.6. The molecule has 0 spiro atoms. The average molecular weight is 542 g/mol. The molecule has 0 radical (unpaired) electrons. The van der Waals surface area contributed by atoms with Crippen molar-refractivity contribution < 1.29 is 28.8 Å². The van der Waals surface area contributed by atoms with Gasteiger partial charge >= 0.3 is 0 Å². The molecule has 2 unspecified atom stereocenters. The molecule has 216 valence electrons. The summed E-state index contributed by atoms with van der Waals surface area (Å²) < 4.78 is 23.8. The highest BCUT2D eigenvalue weighted by atomic mass is 16.5. The van der Waals surface area contributed by atoms with E-state index in [-0.39, 0.29) is 29.6 Å². The number of hydrogen-bond donors (Lipinski definition) is 1. The van der Waals surface area contributed by atoms with E-state index in [9.17, 15) is 9.90 Å². The molecule has 39 heavy (non-hydrogen) atoms. The van der Waals surface area contributed by atoms with Gasteiger partial charge in [-0.2, -0.15) is 0 Å². The number of allylic oxidation sites excluding steroid dienone is 4. The van der Waals surface area contributed by atoms with Crippen LogP contribution >= 0.6 is 0 Å². The minimum Gasteiger partial charge on any atom is -0.506 e. The SMILES string of the molecule is COc1c(CC=C(C)C)c2c(c(O)c1C(=O)CC(C)OCCN1CCOCC1)C=CC(C)(CCC=C(C)C)O2. The van der Waals surface area contributed by atoms with Gasteiger partial charge in [-0.3, -0.25) is 9.69 Å². The maximum atomic E-state index is 13.6. The molecule has 1 N–H and O–H groups in total. The zero-order valence-electron chi connectivity index (χ0n) is 24.9. The topological polar surface area (TPSA) is 77.5 Å². The van der Waals surface area contributed by atoms with Gasteiger partial charge in [0.05, 0.1) is 38.6 Å². The molecule has 1 saturated heterocycles. The van der Waals surface area contributed by atoms with Crippen molar-refractivity contribution in [1.82, 2.24) is 4.90 Å². The quantitative estimate of drug-likeness (QED) is 0.238. The Bertz CT molecular complexity index is 1090. The van der Waals surface area contributed by atoms with Crippen LogP contribution in [0, 0.1) is 0 Å². The summed E-state index contributed by atoms with van der Waals surface area (Å²) in [5.74, 6) is 0.636. The molecule has 1 aromatic rings. The first-order chi connectivity index (χ1) is 18.5. The van der Waals surface area contributed by atoms with Crippen LogP contribution in [0.2, 0.25) is 0 Å². The molecule has 3 rings (SSSR count). The number of fused-ring (bicyclic) bond motifs is 1. The molecule has 1 fully saturated rings. The highest BCUT2D eigenvalue weighted by molar-refractivity contribution is 6.04. The Morgan fingerprint density at radius 1 is 1.18 bits per heavy atom. The molecule has 2 aliphatic heterocycles. The summed E-state index contributed by atoms with van der Waals surface area (Å²) in [6.07, 6.45) is 10.2. The Morgan fingerprint density at radius 3 is 2.51 bits per heavy atom. The average Bonchev–Trinajstić information content (AvgIpc) is 2.87. The maximum Gasteiger partial charge on any atom is 0.172 e. The van der Waals surface area contributed by atoms with Gasteiger partial charge in [0.1, 0.15) is 28.4 Å². The Balaban J connectivity index is 1.87. The molecular weight excluding hydrogens is 494 g/mol. The summed E-state index contributed by atoms with van der Waals surface area (Å²) in [4.78, 5) is 15.9. The second-order valence-electron chi connectivity index (χ2n) is 11.3. The summed E-state index contributed by atoms with van der Waals surface area (Å²) in [6, 6.07) is 0. The number of hydrogen-bond acceptors (Lipinski definition) is 7. The van der Waals surface area contributed by atoms with E-state index in [1.165, 1.54) is 5.57 Å². The number of methoxy groups -OCH3 is 1. The number of phenolic OH excluding ortho intramolecular Hbond substituents is 1. The number of rotatable bonds is 13. The van der Waals surface area contributed by atoms with Crippen LogP contribution in [-0.4, -0.2) is 74.1 Å². The number of Topliss-reactive ketones (excluding diaryl/α,β-unsaturated/α-hetero) is 1. The van der Waals surface area contributed by atoms with E-state index in [0.29, 0.717) is 30.1 Å². The number of nitrogens with zero attached hydrogens (tertiary/aromatic N) is 1. The zero-order valence-corrected chi connectivity index (χ0v) is 24.9. The normalized spacial score (nSPS) is 19.6. The molecule has 2 aliphatic rings. The van der Waals surface area contributed by atoms with E-state index in [1.54, 1.807) is 7.11 Å². The van der Waals surface area contributed by atoms with Crippen LogP contribution in [0.3, 0.4) is 0 Å². The first-order valence-electron chi connectivity index (χ1n) is 14.1. The van der Waals surface area contributed by atoms with Gasteiger partial charge in [0.25, 0.3) is 0 Å². The third-order valence-corrected chi connectivity index (χ3v) is 7.23. The second kappa shape index (κ2) is 14.1. The Morgan fingerprint density at radius 2 is 1.87 bits per heavy atom. The summed E-state index contributed by atoms with van der Waals surface area (Å²) in [7, 11) is 1.54. The Labute approximate surface area is 234 Å². The van der Waals surface area contributed by atoms with Gasteiger partial charge < -0.3 is 24.1 Å². The molecule has 2 atom stereocenters. The summed E-state index contributed by atoms with van der Waals surface area (Å²) >= 11 is 0. The molecule has 0 bridgehead atoms. The summed E-state index contributed by atoms with van der Waals surface area (Å²) in [5, 5.41) is 11.4. The van der Waals surface area contributed by atoms with Crippen molar-refractivity contribution in [2.45, 2.75) is 78.9 Å². The Hall–Kier alpha value is -2.61. The number of morpholine rings is 1. The fourth-order valence-electron chi connectivity index (χ4n) is 4.95. The van der Waals surface area contributed by atoms with Gasteiger partial charge in [-0.1, -0.05) is 23.3 Å². The molecule has 0 amide bonds. The van der Waals surface area contributed by atoms with Crippen molar-refractivity contribution in [3.63, 3.8) is 0 Å². The fourth-order valence-corrected chi connectivity index (χ4v) is 4.95. The molecule has 7 nitrogen and oxygen atoms in total. The third-order valence-electron chi connectivity index (χ3n) is 7.23. The first kappa shape index (κ1) is 30.9. The van der Waals surface area contributed by atoms with Crippen LogP contribution in [0.5, 0.6) is 17.2 Å². The van der Waals surface area contributed by atoms with E-state index in [4.69, 9.17) is 18.9 Å². The molecule has 2 heterocycles. The van der Waals surface area contributed by atoms with Crippen LogP contribution in [0.25, 0.3) is 6.08 Å². The number of carbonyl (C=O) groups excluding carboxylic acids is 1. The lowest BCUT2D eigenvalue weighted by Gasteiger charge is -2.34. The molecule has 0 aromatic heterocycles. The van der Waals surface area contributed by atoms with E-state index < -0.39 is 5.60 Å². The smallest absolute Gasteiger partial charge is 0.172 e. The van der Waals surface area contributed by atoms with Crippen molar-refractivity contribution in [3.8, 4) is 17.2 Å². The van der Waals surface area contributed by atoms with Crippen molar-refractivity contribution in [3.05, 3.63) is 46.1 Å². The van der Waals surface area contributed by atoms with Gasteiger partial charge in [0, 0.05) is 31.6 Å². The van der Waals surface area contributed by atoms with E-state index in [1.807, 2.05) is 32.9 Å². The minimum absolute atomic E-state index is 0.101. The predicted octanol–water partition coefficient (Wildman–Crippen LogP) is 6.13. The van der Waals surface area contributed by atoms with E-state index in [0.717, 1.165) is 56.8 Å². The largest absolute Gasteiger partial charge is 0.506 e. The third kappa shape index (κ3) is 8.44. The van der Waals surface area contributed by atoms with Gasteiger partial charge in [0.2, 0.25) is 0 Å². The van der Waals surface area contributed by atoms with Gasteiger partial charge in [-0.05, 0) is 73.0 Å². The number of carbonyl (C=O) groups is 1. The molecule has 7 heteroatoms. The van der Waals surface area contributed by atoms with Crippen LogP contribution in [0.15, 0.2) is 29.4 Å². The molecule has 0 saturated carbocycles. The highest BCUT2D eigenvalue weighted by Crippen LogP contribution is 2.48. The molecule has 0 aliphatic carbocycles. The monoisotopic (exact) mass is 541 g/mol. The number of phenols is 1. The van der Waals surface area contributed by atoms with Gasteiger partial charge in [-0.15, -0.1) is 0 Å². The van der Waals surface area contributed by atoms with Gasteiger partial charge in [0.15, 0.2) is 5.78 Å². The number of ketones is 1. The standard InChI is InChI=1S/C32H47NO6/c1-22(2)9-8-13-32(6)14-12-25-29(35)28(31(36-7)26(30(25)39-32)11-10-23(3)4)27(34)21-24(5)38-20-17-33-15-18-37-19-16-33/h9-10,12,14,24,35H,8,11,13,15-21H2,1-7H3. The minimum atomic E-state index is -0.537. The van der Waals surface area contributed by atoms with Crippen LogP contribution < -0.4 is 9.47 Å². The van der Waals surface area contributed by atoms with Crippen LogP contribution in [0.4, 0.5) is 0 Å². The van der Waals surface area contributed by atoms with Gasteiger partial charge in [-0.25, -0.2) is 0 Å². The Kier molecular flexibility index (Phi) is 11.2. The predicted molar refractivity (Wildman–Crippen MR) is 156 cm³/mol. The number of aromatic hydroxyl groups is 1. The highest BCUT2D eigenvalue weighted by Gasteiger charge is 2.35. The van der Waals surface area contributed by atoms with Crippen molar-refractivity contribution in [2.75, 3.05) is 46.6 Å². The fraction of sp³-hybridized carbons (Fsp3) is 0.594.